The van der Waals surface area contributed by atoms with E-state index in [0.717, 1.165) is 30.2 Å². The average Bonchev–Trinajstić information content (AvgIpc) is 3.29. The summed E-state index contributed by atoms with van der Waals surface area (Å²) in [6, 6.07) is 20.3. The van der Waals surface area contributed by atoms with Gasteiger partial charge in [0.15, 0.2) is 5.96 Å². The van der Waals surface area contributed by atoms with Crippen LogP contribution in [-0.2, 0) is 6.42 Å². The predicted octanol–water partition coefficient (Wildman–Crippen LogP) is 2.36. The highest BCUT2D eigenvalue weighted by Gasteiger charge is 2.10. The molecule has 0 saturated heterocycles. The van der Waals surface area contributed by atoms with Gasteiger partial charge >= 0.3 is 0 Å². The van der Waals surface area contributed by atoms with Gasteiger partial charge in [-0.15, -0.1) is 0 Å². The topological polar surface area (TPSA) is 74.5 Å². The minimum absolute atomic E-state index is 0.0367. The van der Waals surface area contributed by atoms with Crippen molar-refractivity contribution in [1.29, 1.82) is 0 Å². The molecule has 1 aromatic heterocycles. The molecule has 1 unspecified atom stereocenters. The fourth-order valence-corrected chi connectivity index (χ4v) is 3.02. The summed E-state index contributed by atoms with van der Waals surface area (Å²) in [5.41, 5.74) is 3.41. The Labute approximate surface area is 165 Å². The summed E-state index contributed by atoms with van der Waals surface area (Å²) in [4.78, 5) is 4.27. The molecular weight excluding hydrogens is 350 g/mol. The second-order valence-electron chi connectivity index (χ2n) is 6.54. The van der Waals surface area contributed by atoms with Crippen molar-refractivity contribution in [2.24, 2.45) is 4.99 Å². The molecule has 0 spiro atoms. The van der Waals surface area contributed by atoms with Crippen molar-refractivity contribution in [3.05, 3.63) is 84.2 Å². The van der Waals surface area contributed by atoms with Crippen LogP contribution in [0.4, 0.5) is 0 Å². The molecule has 6 heteroatoms. The monoisotopic (exact) mass is 377 g/mol. The van der Waals surface area contributed by atoms with Gasteiger partial charge in [0.1, 0.15) is 0 Å². The van der Waals surface area contributed by atoms with E-state index in [0.29, 0.717) is 6.54 Å². The SMILES string of the molecule is CN=C(NCCc1ccc(-n2cccn2)cc1)NCC(CO)c1ccccc1. The number of benzene rings is 2. The van der Waals surface area contributed by atoms with Gasteiger partial charge in [0.25, 0.3) is 0 Å². The summed E-state index contributed by atoms with van der Waals surface area (Å²) in [5.74, 6) is 0.775. The van der Waals surface area contributed by atoms with Crippen molar-refractivity contribution in [3.8, 4) is 5.69 Å². The smallest absolute Gasteiger partial charge is 0.191 e. The first kappa shape index (κ1) is 19.6. The molecule has 3 N–H and O–H groups in total. The Morgan fingerprint density at radius 2 is 1.86 bits per heavy atom. The summed E-state index contributed by atoms with van der Waals surface area (Å²) in [5, 5.41) is 20.5. The molecule has 0 aliphatic heterocycles. The molecular formula is C22H27N5O. The van der Waals surface area contributed by atoms with Gasteiger partial charge in [-0.2, -0.15) is 5.10 Å². The first-order valence-corrected chi connectivity index (χ1v) is 9.49. The predicted molar refractivity (Wildman–Crippen MR) is 113 cm³/mol. The van der Waals surface area contributed by atoms with Crippen LogP contribution in [0.1, 0.15) is 17.0 Å². The van der Waals surface area contributed by atoms with Crippen LogP contribution in [0.3, 0.4) is 0 Å². The summed E-state index contributed by atoms with van der Waals surface area (Å²) in [6.07, 6.45) is 4.60. The van der Waals surface area contributed by atoms with Crippen molar-refractivity contribution < 1.29 is 5.11 Å². The van der Waals surface area contributed by atoms with E-state index in [4.69, 9.17) is 0 Å². The van der Waals surface area contributed by atoms with Gasteiger partial charge < -0.3 is 15.7 Å². The first-order valence-electron chi connectivity index (χ1n) is 9.49. The van der Waals surface area contributed by atoms with E-state index < -0.39 is 0 Å². The number of aromatic nitrogens is 2. The average molecular weight is 377 g/mol. The lowest BCUT2D eigenvalue weighted by molar-refractivity contribution is 0.265. The van der Waals surface area contributed by atoms with E-state index in [1.165, 1.54) is 5.56 Å². The van der Waals surface area contributed by atoms with Crippen LogP contribution in [-0.4, -0.2) is 47.6 Å². The molecule has 1 atom stereocenters. The second kappa shape index (κ2) is 10.3. The van der Waals surface area contributed by atoms with Crippen LogP contribution in [0.25, 0.3) is 5.69 Å². The third-order valence-corrected chi connectivity index (χ3v) is 4.64. The lowest BCUT2D eigenvalue weighted by Crippen LogP contribution is -2.40. The van der Waals surface area contributed by atoms with Crippen LogP contribution in [0.5, 0.6) is 0 Å². The van der Waals surface area contributed by atoms with Gasteiger partial charge in [-0.3, -0.25) is 4.99 Å². The number of hydrogen-bond acceptors (Lipinski definition) is 3. The van der Waals surface area contributed by atoms with Crippen LogP contribution in [0, 0.1) is 0 Å². The highest BCUT2D eigenvalue weighted by atomic mass is 16.3. The lowest BCUT2D eigenvalue weighted by atomic mass is 10.0. The minimum Gasteiger partial charge on any atom is -0.396 e. The molecule has 146 valence electrons. The highest BCUT2D eigenvalue weighted by molar-refractivity contribution is 5.79. The number of aliphatic hydroxyl groups excluding tert-OH is 1. The maximum atomic E-state index is 9.67. The summed E-state index contributed by atoms with van der Waals surface area (Å²) < 4.78 is 1.85. The molecule has 0 bridgehead atoms. The Morgan fingerprint density at radius 3 is 2.50 bits per heavy atom. The molecule has 28 heavy (non-hydrogen) atoms. The Hall–Kier alpha value is -3.12. The highest BCUT2D eigenvalue weighted by Crippen LogP contribution is 2.13. The maximum Gasteiger partial charge on any atom is 0.191 e. The number of guanidine groups is 1. The fourth-order valence-electron chi connectivity index (χ4n) is 3.02. The molecule has 0 amide bonds. The van der Waals surface area contributed by atoms with Gasteiger partial charge in [-0.05, 0) is 35.7 Å². The Balaban J connectivity index is 1.45. The Morgan fingerprint density at radius 1 is 1.07 bits per heavy atom. The Bertz CT molecular complexity index is 844. The largest absolute Gasteiger partial charge is 0.396 e. The number of aliphatic imine (C=N–C) groups is 1. The van der Waals surface area contributed by atoms with E-state index in [1.807, 2.05) is 47.3 Å². The van der Waals surface area contributed by atoms with E-state index in [9.17, 15) is 5.11 Å². The van der Waals surface area contributed by atoms with Gasteiger partial charge in [-0.1, -0.05) is 42.5 Å². The number of rotatable bonds is 8. The van der Waals surface area contributed by atoms with Crippen LogP contribution >= 0.6 is 0 Å². The standard InChI is InChI=1S/C22H27N5O/c1-23-22(25-16-20(17-28)19-6-3-2-4-7-19)24-14-12-18-8-10-21(11-9-18)27-15-5-13-26-27/h2-11,13,15,20,28H,12,14,16-17H2,1H3,(H2,23,24,25). The summed E-state index contributed by atoms with van der Waals surface area (Å²) >= 11 is 0. The molecule has 3 rings (SSSR count). The minimum atomic E-state index is 0.0367. The third kappa shape index (κ3) is 5.44. The van der Waals surface area contributed by atoms with Crippen LogP contribution < -0.4 is 10.6 Å². The number of nitrogens with one attached hydrogen (secondary N) is 2. The van der Waals surface area contributed by atoms with Crippen molar-refractivity contribution in [3.63, 3.8) is 0 Å². The third-order valence-electron chi connectivity index (χ3n) is 4.64. The van der Waals surface area contributed by atoms with Gasteiger partial charge in [0.05, 0.1) is 12.3 Å². The van der Waals surface area contributed by atoms with E-state index in [1.54, 1.807) is 13.2 Å². The van der Waals surface area contributed by atoms with Crippen LogP contribution in [0.2, 0.25) is 0 Å². The zero-order valence-electron chi connectivity index (χ0n) is 16.1. The molecule has 1 heterocycles. The fraction of sp³-hybridized carbons (Fsp3) is 0.273. The van der Waals surface area contributed by atoms with Crippen molar-refractivity contribution in [1.82, 2.24) is 20.4 Å². The van der Waals surface area contributed by atoms with Gasteiger partial charge in [-0.25, -0.2) is 4.68 Å². The number of hydrogen-bond donors (Lipinski definition) is 3. The van der Waals surface area contributed by atoms with Crippen molar-refractivity contribution >= 4 is 5.96 Å². The van der Waals surface area contributed by atoms with Gasteiger partial charge in [0.2, 0.25) is 0 Å². The second-order valence-corrected chi connectivity index (χ2v) is 6.54. The number of nitrogens with zero attached hydrogens (tertiary/aromatic N) is 3. The van der Waals surface area contributed by atoms with Crippen molar-refractivity contribution in [2.75, 3.05) is 26.7 Å². The molecule has 3 aromatic rings. The van der Waals surface area contributed by atoms with E-state index in [2.05, 4.69) is 45.0 Å². The quantitative estimate of drug-likeness (QED) is 0.416. The lowest BCUT2D eigenvalue weighted by Gasteiger charge is -2.18. The molecule has 2 aromatic carbocycles. The molecule has 0 aliphatic rings. The van der Waals surface area contributed by atoms with Crippen LogP contribution in [0.15, 0.2) is 78.0 Å². The maximum absolute atomic E-state index is 9.67. The van der Waals surface area contributed by atoms with Gasteiger partial charge in [0, 0.05) is 38.4 Å². The molecule has 0 saturated carbocycles. The van der Waals surface area contributed by atoms with E-state index >= 15 is 0 Å². The molecule has 0 radical (unpaired) electrons. The van der Waals surface area contributed by atoms with E-state index in [-0.39, 0.29) is 12.5 Å². The normalized spacial score (nSPS) is 12.6. The number of aliphatic hydroxyl groups is 1. The zero-order chi connectivity index (χ0) is 19.6. The molecule has 0 aliphatic carbocycles. The molecule has 0 fully saturated rings. The van der Waals surface area contributed by atoms with Crippen molar-refractivity contribution in [2.45, 2.75) is 12.3 Å². The zero-order valence-corrected chi connectivity index (χ0v) is 16.1. The first-order chi connectivity index (χ1) is 13.8. The summed E-state index contributed by atoms with van der Waals surface area (Å²) in [6.45, 7) is 1.49. The molecule has 6 nitrogen and oxygen atoms in total. The Kier molecular flexibility index (Phi) is 7.21. The summed E-state index contributed by atoms with van der Waals surface area (Å²) in [7, 11) is 1.75.